The van der Waals surface area contributed by atoms with Gasteiger partial charge in [0.2, 0.25) is 0 Å². The van der Waals surface area contributed by atoms with E-state index >= 15 is 0 Å². The van der Waals surface area contributed by atoms with Gasteiger partial charge in [0.15, 0.2) is 0 Å². The summed E-state index contributed by atoms with van der Waals surface area (Å²) < 4.78 is 5.72. The smallest absolute Gasteiger partial charge is 0.137 e. The van der Waals surface area contributed by atoms with Gasteiger partial charge in [-0.1, -0.05) is 36.4 Å². The average molecular weight is 368 g/mol. The van der Waals surface area contributed by atoms with Crippen molar-refractivity contribution in [1.82, 2.24) is 0 Å². The van der Waals surface area contributed by atoms with Crippen molar-refractivity contribution in [3.05, 3.63) is 65.2 Å². The summed E-state index contributed by atoms with van der Waals surface area (Å²) in [5, 5.41) is 12.5. The lowest BCUT2D eigenvalue weighted by atomic mass is 9.88. The molecule has 1 aliphatic carbocycles. The quantitative estimate of drug-likeness (QED) is 0.715. The van der Waals surface area contributed by atoms with Crippen molar-refractivity contribution in [2.75, 3.05) is 13.2 Å². The summed E-state index contributed by atoms with van der Waals surface area (Å²) in [6.07, 6.45) is 4.35. The van der Waals surface area contributed by atoms with Gasteiger partial charge in [-0.2, -0.15) is 0 Å². The van der Waals surface area contributed by atoms with Crippen LogP contribution in [0.5, 0.6) is 5.75 Å². The zero-order valence-electron chi connectivity index (χ0n) is 16.1. The average Bonchev–Trinajstić information content (AvgIpc) is 2.69. The number of hydrogen-bond acceptors (Lipinski definition) is 3. The minimum absolute atomic E-state index is 0.204. The molecule has 0 unspecified atom stereocenters. The molecule has 0 saturated carbocycles. The van der Waals surface area contributed by atoms with Gasteiger partial charge in [-0.15, -0.1) is 0 Å². The van der Waals surface area contributed by atoms with Gasteiger partial charge < -0.3 is 20.0 Å². The number of aliphatic hydroxyl groups excluding tert-OH is 1. The van der Waals surface area contributed by atoms with E-state index in [1.807, 2.05) is 24.3 Å². The Balaban J connectivity index is 1.42. The molecule has 2 aromatic carbocycles. The Morgan fingerprint density at radius 2 is 2.00 bits per heavy atom. The van der Waals surface area contributed by atoms with Crippen molar-refractivity contribution in [3.8, 4) is 5.75 Å². The number of hydrogen-bond donors (Lipinski definition) is 2. The molecule has 144 valence electrons. The fourth-order valence-corrected chi connectivity index (χ4v) is 3.69. The van der Waals surface area contributed by atoms with Crippen LogP contribution >= 0.6 is 0 Å². The summed E-state index contributed by atoms with van der Waals surface area (Å²) in [4.78, 5) is 11.1. The van der Waals surface area contributed by atoms with Gasteiger partial charge in [0.05, 0.1) is 0 Å². The van der Waals surface area contributed by atoms with E-state index in [2.05, 4.69) is 29.6 Å². The Hall–Kier alpha value is -2.17. The van der Waals surface area contributed by atoms with E-state index in [-0.39, 0.29) is 12.4 Å². The number of aryl methyl sites for hydroxylation is 2. The highest BCUT2D eigenvalue weighted by Crippen LogP contribution is 2.26. The molecule has 0 spiro atoms. The molecule has 0 aliphatic heterocycles. The molecule has 0 bridgehead atoms. The Bertz CT molecular complexity index is 742. The molecule has 4 nitrogen and oxygen atoms in total. The van der Waals surface area contributed by atoms with Gasteiger partial charge >= 0.3 is 0 Å². The summed E-state index contributed by atoms with van der Waals surface area (Å²) in [5.74, 6) is 0.957. The third kappa shape index (κ3) is 5.91. The first-order chi connectivity index (χ1) is 13.1. The van der Waals surface area contributed by atoms with E-state index in [9.17, 15) is 9.90 Å². The molecule has 27 heavy (non-hydrogen) atoms. The van der Waals surface area contributed by atoms with Crippen molar-refractivity contribution >= 4 is 5.78 Å². The number of Topliss-reactive ketones (excluding diaryl/α,β-unsaturated/α-hetero) is 1. The number of nitrogens with two attached hydrogens (primary N) is 1. The van der Waals surface area contributed by atoms with Crippen LogP contribution in [0.1, 0.15) is 48.9 Å². The summed E-state index contributed by atoms with van der Waals surface area (Å²) >= 11 is 0. The van der Waals surface area contributed by atoms with Crippen molar-refractivity contribution in [2.45, 2.75) is 51.2 Å². The predicted octanol–water partition coefficient (Wildman–Crippen LogP) is 2.59. The topological polar surface area (TPSA) is 63.1 Å². The Morgan fingerprint density at radius 3 is 2.78 bits per heavy atom. The van der Waals surface area contributed by atoms with Crippen LogP contribution in [0, 0.1) is 0 Å². The Labute approximate surface area is 161 Å². The Kier molecular flexibility index (Phi) is 7.02. The number of ketones is 1. The van der Waals surface area contributed by atoms with E-state index in [0.29, 0.717) is 19.0 Å². The molecule has 2 atom stereocenters. The normalized spacial score (nSPS) is 17.2. The lowest BCUT2D eigenvalue weighted by Gasteiger charge is -2.24. The number of rotatable bonds is 9. The SMILES string of the molecule is CC(=O)CCc1ccc(OC[C@@H](O)C[NH2+][C@@H]2CCCc3ccccc32)cc1. The molecule has 3 rings (SSSR count). The second-order valence-electron chi connectivity index (χ2n) is 7.48. The zero-order chi connectivity index (χ0) is 19.1. The molecule has 0 saturated heterocycles. The first kappa shape index (κ1) is 19.6. The Morgan fingerprint density at radius 1 is 1.22 bits per heavy atom. The minimum Gasteiger partial charge on any atom is -0.491 e. The van der Waals surface area contributed by atoms with Crippen LogP contribution in [0.25, 0.3) is 0 Å². The third-order valence-electron chi connectivity index (χ3n) is 5.24. The number of ether oxygens (including phenoxy) is 1. The monoisotopic (exact) mass is 368 g/mol. The van der Waals surface area contributed by atoms with E-state index in [1.165, 1.54) is 17.5 Å². The molecule has 0 radical (unpaired) electrons. The largest absolute Gasteiger partial charge is 0.491 e. The summed E-state index contributed by atoms with van der Waals surface area (Å²) in [6, 6.07) is 16.9. The van der Waals surface area contributed by atoms with E-state index < -0.39 is 6.10 Å². The van der Waals surface area contributed by atoms with Crippen molar-refractivity contribution in [2.24, 2.45) is 0 Å². The van der Waals surface area contributed by atoms with Crippen LogP contribution in [0.2, 0.25) is 0 Å². The molecular weight excluding hydrogens is 338 g/mol. The third-order valence-corrected chi connectivity index (χ3v) is 5.24. The standard InChI is InChI=1S/C23H29NO3/c1-17(25)9-10-18-11-13-21(14-12-18)27-16-20(26)15-24-23-8-4-6-19-5-2-3-7-22(19)23/h2-3,5,7,11-14,20,23-24,26H,4,6,8-10,15-16H2,1H3/p+1/t20-,23+/m0/s1. The number of carbonyl (C=O) groups excluding carboxylic acids is 1. The maximum absolute atomic E-state index is 11.1. The maximum Gasteiger partial charge on any atom is 0.137 e. The number of benzene rings is 2. The van der Waals surface area contributed by atoms with Crippen molar-refractivity contribution in [1.29, 1.82) is 0 Å². The number of fused-ring (bicyclic) bond motifs is 1. The van der Waals surface area contributed by atoms with Gasteiger partial charge in [0.25, 0.3) is 0 Å². The molecular formula is C23H30NO3+. The zero-order valence-corrected chi connectivity index (χ0v) is 16.1. The van der Waals surface area contributed by atoms with Crippen molar-refractivity contribution < 1.29 is 20.0 Å². The highest BCUT2D eigenvalue weighted by Gasteiger charge is 2.23. The molecule has 1 aliphatic rings. The van der Waals surface area contributed by atoms with Crippen LogP contribution in [0.15, 0.2) is 48.5 Å². The van der Waals surface area contributed by atoms with Crippen LogP contribution in [0.3, 0.4) is 0 Å². The van der Waals surface area contributed by atoms with Gasteiger partial charge in [0, 0.05) is 18.4 Å². The van der Waals surface area contributed by atoms with E-state index in [4.69, 9.17) is 4.74 Å². The highest BCUT2D eigenvalue weighted by atomic mass is 16.5. The molecule has 0 aromatic heterocycles. The summed E-state index contributed by atoms with van der Waals surface area (Å²) in [6.45, 7) is 2.54. The van der Waals surface area contributed by atoms with E-state index in [1.54, 1.807) is 6.92 Å². The maximum atomic E-state index is 11.1. The number of carbonyl (C=O) groups is 1. The second kappa shape index (κ2) is 9.67. The highest BCUT2D eigenvalue weighted by molar-refractivity contribution is 5.75. The molecule has 0 amide bonds. The second-order valence-corrected chi connectivity index (χ2v) is 7.48. The van der Waals surface area contributed by atoms with Gasteiger partial charge in [-0.3, -0.25) is 0 Å². The van der Waals surface area contributed by atoms with Crippen LogP contribution < -0.4 is 10.1 Å². The van der Waals surface area contributed by atoms with Gasteiger partial charge in [-0.05, 0) is 49.4 Å². The molecule has 2 aromatic rings. The first-order valence-electron chi connectivity index (χ1n) is 9.92. The number of aliphatic hydroxyl groups is 1. The van der Waals surface area contributed by atoms with E-state index in [0.717, 1.165) is 30.6 Å². The van der Waals surface area contributed by atoms with Crippen LogP contribution in [0.4, 0.5) is 0 Å². The fourth-order valence-electron chi connectivity index (χ4n) is 3.69. The molecule has 0 fully saturated rings. The lowest BCUT2D eigenvalue weighted by molar-refractivity contribution is -0.702. The summed E-state index contributed by atoms with van der Waals surface area (Å²) in [5.41, 5.74) is 3.99. The van der Waals surface area contributed by atoms with Crippen molar-refractivity contribution in [3.63, 3.8) is 0 Å². The molecule has 3 N–H and O–H groups in total. The molecule has 4 heteroatoms. The van der Waals surface area contributed by atoms with Gasteiger partial charge in [0.1, 0.15) is 36.8 Å². The predicted molar refractivity (Wildman–Crippen MR) is 106 cm³/mol. The van der Waals surface area contributed by atoms with Gasteiger partial charge in [-0.25, -0.2) is 0 Å². The summed E-state index contributed by atoms with van der Waals surface area (Å²) in [7, 11) is 0. The minimum atomic E-state index is -0.503. The molecule has 0 heterocycles. The fraction of sp³-hybridized carbons (Fsp3) is 0.435. The lowest BCUT2D eigenvalue weighted by Crippen LogP contribution is -2.87. The van der Waals surface area contributed by atoms with Crippen LogP contribution in [-0.2, 0) is 17.6 Å². The van der Waals surface area contributed by atoms with Crippen LogP contribution in [-0.4, -0.2) is 30.1 Å². The number of quaternary nitrogens is 1. The first-order valence-corrected chi connectivity index (χ1v) is 9.92.